The van der Waals surface area contributed by atoms with Gasteiger partial charge < -0.3 is 9.73 Å². The summed E-state index contributed by atoms with van der Waals surface area (Å²) in [7, 11) is 0. The van der Waals surface area contributed by atoms with Gasteiger partial charge in [-0.3, -0.25) is 4.79 Å². The lowest BCUT2D eigenvalue weighted by Crippen LogP contribution is -2.23. The molecule has 3 nitrogen and oxygen atoms in total. The molecule has 1 heterocycles. The van der Waals surface area contributed by atoms with Crippen molar-refractivity contribution >= 4 is 5.91 Å². The molecule has 0 radical (unpaired) electrons. The van der Waals surface area contributed by atoms with Gasteiger partial charge >= 0.3 is 0 Å². The summed E-state index contributed by atoms with van der Waals surface area (Å²) in [6, 6.07) is 3.39. The summed E-state index contributed by atoms with van der Waals surface area (Å²) in [5.74, 6) is 1.01. The third-order valence-electron chi connectivity index (χ3n) is 2.24. The Morgan fingerprint density at radius 3 is 2.87 bits per heavy atom. The van der Waals surface area contributed by atoms with Crippen molar-refractivity contribution in [2.45, 2.75) is 33.1 Å². The fourth-order valence-electron chi connectivity index (χ4n) is 1.37. The fourth-order valence-corrected chi connectivity index (χ4v) is 1.37. The van der Waals surface area contributed by atoms with Crippen LogP contribution >= 0.6 is 0 Å². The van der Waals surface area contributed by atoms with Gasteiger partial charge in [0, 0.05) is 6.54 Å². The van der Waals surface area contributed by atoms with E-state index in [-0.39, 0.29) is 5.91 Å². The van der Waals surface area contributed by atoms with Crippen LogP contribution in [0.2, 0.25) is 0 Å². The maximum absolute atomic E-state index is 11.4. The molecule has 0 fully saturated rings. The van der Waals surface area contributed by atoms with Crippen LogP contribution < -0.4 is 5.32 Å². The van der Waals surface area contributed by atoms with Gasteiger partial charge in [0.15, 0.2) is 5.76 Å². The van der Waals surface area contributed by atoms with Crippen molar-refractivity contribution in [1.82, 2.24) is 5.32 Å². The molecule has 0 aliphatic heterocycles. The van der Waals surface area contributed by atoms with Crippen LogP contribution in [-0.4, -0.2) is 12.5 Å². The molecule has 0 bridgehead atoms. The average molecular weight is 209 g/mol. The van der Waals surface area contributed by atoms with E-state index in [9.17, 15) is 4.79 Å². The van der Waals surface area contributed by atoms with Gasteiger partial charge in [0.2, 0.25) is 0 Å². The number of hydrogen-bond acceptors (Lipinski definition) is 2. The van der Waals surface area contributed by atoms with Gasteiger partial charge in [-0.25, -0.2) is 0 Å². The molecule has 15 heavy (non-hydrogen) atoms. The molecule has 3 heteroatoms. The zero-order valence-corrected chi connectivity index (χ0v) is 9.45. The van der Waals surface area contributed by atoms with E-state index in [1.165, 1.54) is 12.7 Å². The van der Waals surface area contributed by atoms with E-state index in [1.54, 1.807) is 12.1 Å². The molecule has 0 saturated carbocycles. The molecular weight excluding hydrogens is 190 g/mol. The highest BCUT2D eigenvalue weighted by Gasteiger charge is 2.06. The number of unbranched alkanes of at least 4 members (excludes halogenated alkanes) is 1. The molecule has 0 spiro atoms. The van der Waals surface area contributed by atoms with Crippen molar-refractivity contribution in [3.8, 4) is 0 Å². The number of nitrogens with one attached hydrogen (secondary N) is 1. The van der Waals surface area contributed by atoms with E-state index in [1.807, 2.05) is 0 Å². The highest BCUT2D eigenvalue weighted by atomic mass is 16.3. The van der Waals surface area contributed by atoms with Gasteiger partial charge in [0.25, 0.3) is 5.91 Å². The molecule has 1 aromatic rings. The Kier molecular flexibility index (Phi) is 4.95. The van der Waals surface area contributed by atoms with Crippen LogP contribution in [0.1, 0.15) is 43.7 Å². The summed E-state index contributed by atoms with van der Waals surface area (Å²) < 4.78 is 4.98. The highest BCUT2D eigenvalue weighted by molar-refractivity contribution is 5.91. The SMILES string of the molecule is CC(C)CCCCNC(=O)c1ccco1. The van der Waals surface area contributed by atoms with Crippen LogP contribution in [0, 0.1) is 5.92 Å². The van der Waals surface area contributed by atoms with E-state index in [2.05, 4.69) is 19.2 Å². The van der Waals surface area contributed by atoms with Crippen molar-refractivity contribution in [1.29, 1.82) is 0 Å². The van der Waals surface area contributed by atoms with Gasteiger partial charge in [-0.2, -0.15) is 0 Å². The lowest BCUT2D eigenvalue weighted by atomic mass is 10.1. The minimum absolute atomic E-state index is 0.121. The average Bonchev–Trinajstić information content (AvgIpc) is 2.69. The second kappa shape index (κ2) is 6.27. The number of carbonyl (C=O) groups is 1. The second-order valence-corrected chi connectivity index (χ2v) is 4.12. The maximum atomic E-state index is 11.4. The number of rotatable bonds is 6. The van der Waals surface area contributed by atoms with Crippen molar-refractivity contribution in [2.24, 2.45) is 5.92 Å². The maximum Gasteiger partial charge on any atom is 0.286 e. The Hall–Kier alpha value is -1.25. The predicted octanol–water partition coefficient (Wildman–Crippen LogP) is 2.84. The van der Waals surface area contributed by atoms with Gasteiger partial charge in [0.05, 0.1) is 6.26 Å². The first kappa shape index (κ1) is 11.8. The van der Waals surface area contributed by atoms with Crippen LogP contribution in [0.4, 0.5) is 0 Å². The molecule has 0 unspecified atom stereocenters. The third-order valence-corrected chi connectivity index (χ3v) is 2.24. The summed E-state index contributed by atoms with van der Waals surface area (Å²) in [5.41, 5.74) is 0. The minimum atomic E-state index is -0.121. The lowest BCUT2D eigenvalue weighted by Gasteiger charge is -2.05. The van der Waals surface area contributed by atoms with E-state index in [0.29, 0.717) is 5.76 Å². The molecule has 0 saturated heterocycles. The molecule has 1 rings (SSSR count). The van der Waals surface area contributed by atoms with Crippen LogP contribution in [0.5, 0.6) is 0 Å². The molecule has 0 aromatic carbocycles. The van der Waals surface area contributed by atoms with Crippen LogP contribution in [-0.2, 0) is 0 Å². The van der Waals surface area contributed by atoms with Gasteiger partial charge in [-0.05, 0) is 24.5 Å². The Morgan fingerprint density at radius 2 is 2.27 bits per heavy atom. The fraction of sp³-hybridized carbons (Fsp3) is 0.583. The predicted molar refractivity (Wildman–Crippen MR) is 59.7 cm³/mol. The Balaban J connectivity index is 2.08. The molecule has 1 N–H and O–H groups in total. The molecule has 0 aliphatic rings. The zero-order chi connectivity index (χ0) is 11.1. The first-order chi connectivity index (χ1) is 7.20. The molecule has 0 atom stereocenters. The van der Waals surface area contributed by atoms with Gasteiger partial charge in [-0.15, -0.1) is 0 Å². The topological polar surface area (TPSA) is 42.2 Å². The Labute approximate surface area is 90.9 Å². The monoisotopic (exact) mass is 209 g/mol. The molecular formula is C12H19NO2. The quantitative estimate of drug-likeness (QED) is 0.732. The summed E-state index contributed by atoms with van der Waals surface area (Å²) in [6.07, 6.45) is 4.92. The lowest BCUT2D eigenvalue weighted by molar-refractivity contribution is 0.0925. The summed E-state index contributed by atoms with van der Waals surface area (Å²) in [4.78, 5) is 11.4. The molecule has 1 amide bonds. The number of furan rings is 1. The molecule has 1 aromatic heterocycles. The van der Waals surface area contributed by atoms with Gasteiger partial charge in [-0.1, -0.05) is 26.7 Å². The first-order valence-electron chi connectivity index (χ1n) is 5.52. The Morgan fingerprint density at radius 1 is 1.47 bits per heavy atom. The molecule has 84 valence electrons. The van der Waals surface area contributed by atoms with Crippen molar-refractivity contribution in [2.75, 3.05) is 6.54 Å². The third kappa shape index (κ3) is 4.68. The van der Waals surface area contributed by atoms with E-state index in [0.717, 1.165) is 25.3 Å². The standard InChI is InChI=1S/C12H19NO2/c1-10(2)6-3-4-8-13-12(14)11-7-5-9-15-11/h5,7,9-10H,3-4,6,8H2,1-2H3,(H,13,14). The van der Waals surface area contributed by atoms with Crippen LogP contribution in [0.15, 0.2) is 22.8 Å². The van der Waals surface area contributed by atoms with Crippen LogP contribution in [0.3, 0.4) is 0 Å². The van der Waals surface area contributed by atoms with Crippen molar-refractivity contribution in [3.63, 3.8) is 0 Å². The largest absolute Gasteiger partial charge is 0.459 e. The van der Waals surface area contributed by atoms with Crippen molar-refractivity contribution in [3.05, 3.63) is 24.2 Å². The summed E-state index contributed by atoms with van der Waals surface area (Å²) >= 11 is 0. The van der Waals surface area contributed by atoms with Gasteiger partial charge in [0.1, 0.15) is 0 Å². The first-order valence-corrected chi connectivity index (χ1v) is 5.52. The normalized spacial score (nSPS) is 10.6. The van der Waals surface area contributed by atoms with Crippen molar-refractivity contribution < 1.29 is 9.21 Å². The minimum Gasteiger partial charge on any atom is -0.459 e. The van der Waals surface area contributed by atoms with E-state index < -0.39 is 0 Å². The second-order valence-electron chi connectivity index (χ2n) is 4.12. The van der Waals surface area contributed by atoms with Crippen LogP contribution in [0.25, 0.3) is 0 Å². The zero-order valence-electron chi connectivity index (χ0n) is 9.45. The number of amides is 1. The van der Waals surface area contributed by atoms with E-state index >= 15 is 0 Å². The summed E-state index contributed by atoms with van der Waals surface area (Å²) in [5, 5.41) is 2.83. The summed E-state index contributed by atoms with van der Waals surface area (Å²) in [6.45, 7) is 5.15. The number of carbonyl (C=O) groups excluding carboxylic acids is 1. The number of hydrogen-bond donors (Lipinski definition) is 1. The highest BCUT2D eigenvalue weighted by Crippen LogP contribution is 2.05. The Bertz CT molecular complexity index is 278. The smallest absolute Gasteiger partial charge is 0.286 e. The van der Waals surface area contributed by atoms with E-state index in [4.69, 9.17) is 4.42 Å². The molecule has 0 aliphatic carbocycles.